The van der Waals surface area contributed by atoms with E-state index in [1.54, 1.807) is 10.4 Å². The first kappa shape index (κ1) is 15.8. The standard InChI is InChI=1S/C15H22ClNO2S/c1-11(2)14-5-4-8-17(14)20(18,19)15-9-13(10-16)7-6-12(15)3/h6-7,9,11,14H,4-5,8,10H2,1-3H3. The number of aryl methyl sites for hydroxylation is 1. The van der Waals surface area contributed by atoms with E-state index in [2.05, 4.69) is 13.8 Å². The highest BCUT2D eigenvalue weighted by Gasteiger charge is 2.37. The average Bonchev–Trinajstić information content (AvgIpc) is 2.89. The second-order valence-corrected chi connectivity index (χ2v) is 7.93. The molecule has 0 saturated carbocycles. The molecule has 0 bridgehead atoms. The van der Waals surface area contributed by atoms with E-state index in [1.807, 2.05) is 19.1 Å². The van der Waals surface area contributed by atoms with Crippen LogP contribution in [-0.2, 0) is 15.9 Å². The van der Waals surface area contributed by atoms with Crippen LogP contribution in [0.3, 0.4) is 0 Å². The van der Waals surface area contributed by atoms with Crippen molar-refractivity contribution in [2.24, 2.45) is 5.92 Å². The quantitative estimate of drug-likeness (QED) is 0.797. The van der Waals surface area contributed by atoms with Gasteiger partial charge in [0.25, 0.3) is 0 Å². The van der Waals surface area contributed by atoms with E-state index in [-0.39, 0.29) is 6.04 Å². The Morgan fingerprint density at radius 3 is 2.70 bits per heavy atom. The number of alkyl halides is 1. The Labute approximate surface area is 127 Å². The van der Waals surface area contributed by atoms with Gasteiger partial charge in [-0.1, -0.05) is 26.0 Å². The Hall–Kier alpha value is -0.580. The van der Waals surface area contributed by atoms with Crippen molar-refractivity contribution in [2.75, 3.05) is 6.54 Å². The molecule has 0 radical (unpaired) electrons. The fraction of sp³-hybridized carbons (Fsp3) is 0.600. The second kappa shape index (κ2) is 6.04. The highest BCUT2D eigenvalue weighted by Crippen LogP contribution is 2.31. The highest BCUT2D eigenvalue weighted by atomic mass is 35.5. The molecule has 1 atom stereocenters. The molecule has 20 heavy (non-hydrogen) atoms. The highest BCUT2D eigenvalue weighted by molar-refractivity contribution is 7.89. The van der Waals surface area contributed by atoms with Gasteiger partial charge in [0, 0.05) is 18.5 Å². The van der Waals surface area contributed by atoms with E-state index in [9.17, 15) is 8.42 Å². The minimum atomic E-state index is -3.42. The monoisotopic (exact) mass is 315 g/mol. The number of hydrogen-bond donors (Lipinski definition) is 0. The van der Waals surface area contributed by atoms with E-state index in [4.69, 9.17) is 11.6 Å². The Bertz CT molecular complexity index is 584. The fourth-order valence-corrected chi connectivity index (χ4v) is 5.13. The molecule has 1 fully saturated rings. The molecular weight excluding hydrogens is 294 g/mol. The average molecular weight is 316 g/mol. The molecule has 0 N–H and O–H groups in total. The van der Waals surface area contributed by atoms with Crippen LogP contribution >= 0.6 is 11.6 Å². The third-order valence-corrected chi connectivity index (χ3v) is 6.39. The smallest absolute Gasteiger partial charge is 0.207 e. The van der Waals surface area contributed by atoms with E-state index in [0.29, 0.717) is 23.2 Å². The van der Waals surface area contributed by atoms with Crippen LogP contribution in [0.25, 0.3) is 0 Å². The van der Waals surface area contributed by atoms with Crippen LogP contribution in [0.1, 0.15) is 37.8 Å². The molecule has 1 aromatic carbocycles. The third-order valence-electron chi connectivity index (χ3n) is 4.01. The zero-order chi connectivity index (χ0) is 14.9. The molecule has 3 nitrogen and oxygen atoms in total. The Balaban J connectivity index is 2.44. The molecule has 1 saturated heterocycles. The van der Waals surface area contributed by atoms with Gasteiger partial charge in [-0.15, -0.1) is 11.6 Å². The Kier molecular flexibility index (Phi) is 4.77. The zero-order valence-corrected chi connectivity index (χ0v) is 13.8. The molecule has 1 aliphatic rings. The normalized spacial score (nSPS) is 20.8. The molecule has 0 amide bonds. The molecule has 1 aromatic rings. The topological polar surface area (TPSA) is 37.4 Å². The van der Waals surface area contributed by atoms with Crippen LogP contribution in [0, 0.1) is 12.8 Å². The van der Waals surface area contributed by atoms with Gasteiger partial charge in [0.05, 0.1) is 4.90 Å². The first-order valence-electron chi connectivity index (χ1n) is 7.05. The summed E-state index contributed by atoms with van der Waals surface area (Å²) in [7, 11) is -3.42. The Morgan fingerprint density at radius 1 is 1.40 bits per heavy atom. The van der Waals surface area contributed by atoms with E-state index in [0.717, 1.165) is 24.0 Å². The molecule has 1 aliphatic heterocycles. The summed E-state index contributed by atoms with van der Waals surface area (Å²) >= 11 is 5.83. The van der Waals surface area contributed by atoms with Gasteiger partial charge in [0.1, 0.15) is 0 Å². The molecule has 1 heterocycles. The molecule has 0 aliphatic carbocycles. The Morgan fingerprint density at radius 2 is 2.10 bits per heavy atom. The van der Waals surface area contributed by atoms with Crippen LogP contribution in [-0.4, -0.2) is 25.3 Å². The summed E-state index contributed by atoms with van der Waals surface area (Å²) in [6, 6.07) is 5.54. The van der Waals surface area contributed by atoms with Crippen LogP contribution in [0.4, 0.5) is 0 Å². The van der Waals surface area contributed by atoms with Crippen molar-refractivity contribution >= 4 is 21.6 Å². The van der Waals surface area contributed by atoms with Crippen molar-refractivity contribution in [3.05, 3.63) is 29.3 Å². The van der Waals surface area contributed by atoms with E-state index >= 15 is 0 Å². The van der Waals surface area contributed by atoms with Gasteiger partial charge in [-0.25, -0.2) is 8.42 Å². The molecule has 5 heteroatoms. The van der Waals surface area contributed by atoms with Gasteiger partial charge in [-0.2, -0.15) is 4.31 Å². The first-order valence-corrected chi connectivity index (χ1v) is 9.02. The largest absolute Gasteiger partial charge is 0.243 e. The summed E-state index contributed by atoms with van der Waals surface area (Å²) in [5.74, 6) is 0.667. The van der Waals surface area contributed by atoms with Crippen molar-refractivity contribution in [1.82, 2.24) is 4.31 Å². The van der Waals surface area contributed by atoms with Crippen molar-refractivity contribution in [1.29, 1.82) is 0 Å². The molecule has 2 rings (SSSR count). The predicted octanol–water partition coefficient (Wildman–Crippen LogP) is 3.54. The number of rotatable bonds is 4. The van der Waals surface area contributed by atoms with Crippen molar-refractivity contribution in [3.63, 3.8) is 0 Å². The molecule has 1 unspecified atom stereocenters. The lowest BCUT2D eigenvalue weighted by atomic mass is 10.0. The third kappa shape index (κ3) is 2.87. The predicted molar refractivity (Wildman–Crippen MR) is 82.5 cm³/mol. The van der Waals surface area contributed by atoms with E-state index in [1.165, 1.54) is 0 Å². The fourth-order valence-electron chi connectivity index (χ4n) is 2.86. The summed E-state index contributed by atoms with van der Waals surface area (Å²) in [4.78, 5) is 0.406. The summed E-state index contributed by atoms with van der Waals surface area (Å²) in [5.41, 5.74) is 1.63. The molecule has 0 spiro atoms. The number of benzene rings is 1. The van der Waals surface area contributed by atoms with Gasteiger partial charge >= 0.3 is 0 Å². The van der Waals surface area contributed by atoms with Gasteiger partial charge in [0.15, 0.2) is 0 Å². The molecule has 0 aromatic heterocycles. The maximum absolute atomic E-state index is 12.9. The zero-order valence-electron chi connectivity index (χ0n) is 12.3. The molecular formula is C15H22ClNO2S. The van der Waals surface area contributed by atoms with Crippen LogP contribution in [0.5, 0.6) is 0 Å². The minimum Gasteiger partial charge on any atom is -0.207 e. The van der Waals surface area contributed by atoms with Crippen LogP contribution < -0.4 is 0 Å². The van der Waals surface area contributed by atoms with Gasteiger partial charge in [-0.05, 0) is 42.9 Å². The number of halogens is 1. The number of sulfonamides is 1. The lowest BCUT2D eigenvalue weighted by Crippen LogP contribution is -2.38. The minimum absolute atomic E-state index is 0.110. The maximum Gasteiger partial charge on any atom is 0.243 e. The SMILES string of the molecule is Cc1ccc(CCl)cc1S(=O)(=O)N1CCCC1C(C)C. The van der Waals surface area contributed by atoms with Crippen LogP contribution in [0.15, 0.2) is 23.1 Å². The lowest BCUT2D eigenvalue weighted by molar-refractivity contribution is 0.315. The summed E-state index contributed by atoms with van der Waals surface area (Å²) in [6.45, 7) is 6.63. The lowest BCUT2D eigenvalue weighted by Gasteiger charge is -2.27. The summed E-state index contributed by atoms with van der Waals surface area (Å²) in [6.07, 6.45) is 1.89. The molecule has 112 valence electrons. The first-order chi connectivity index (χ1) is 9.37. The van der Waals surface area contributed by atoms with Crippen molar-refractivity contribution in [2.45, 2.75) is 50.4 Å². The summed E-state index contributed by atoms with van der Waals surface area (Å²) < 4.78 is 27.5. The second-order valence-electron chi connectivity index (χ2n) is 5.80. The van der Waals surface area contributed by atoms with Gasteiger partial charge < -0.3 is 0 Å². The number of nitrogens with zero attached hydrogens (tertiary/aromatic N) is 1. The van der Waals surface area contributed by atoms with Gasteiger partial charge in [-0.3, -0.25) is 0 Å². The maximum atomic E-state index is 12.9. The van der Waals surface area contributed by atoms with Crippen molar-refractivity contribution in [3.8, 4) is 0 Å². The van der Waals surface area contributed by atoms with Gasteiger partial charge in [0.2, 0.25) is 10.0 Å². The van der Waals surface area contributed by atoms with E-state index < -0.39 is 10.0 Å². The number of hydrogen-bond acceptors (Lipinski definition) is 2. The summed E-state index contributed by atoms with van der Waals surface area (Å²) in [5, 5.41) is 0. The van der Waals surface area contributed by atoms with Crippen LogP contribution in [0.2, 0.25) is 0 Å². The van der Waals surface area contributed by atoms with Crippen molar-refractivity contribution < 1.29 is 8.42 Å².